The van der Waals surface area contributed by atoms with Crippen LogP contribution < -0.4 is 0 Å². The van der Waals surface area contributed by atoms with Crippen LogP contribution in [0.2, 0.25) is 0 Å². The largest absolute Gasteiger partial charge is 0.457 e. The summed E-state index contributed by atoms with van der Waals surface area (Å²) in [6, 6.07) is 0. The number of ether oxygens (including phenoxy) is 4. The number of fused-ring (bicyclic) bond motifs is 1. The van der Waals surface area contributed by atoms with E-state index >= 15 is 0 Å². The lowest BCUT2D eigenvalue weighted by Crippen LogP contribution is -2.35. The Hall–Kier alpha value is -0.650. The Morgan fingerprint density at radius 3 is 2.31 bits per heavy atom. The molecule has 0 aromatic carbocycles. The summed E-state index contributed by atoms with van der Waals surface area (Å²) in [4.78, 5) is 10.9. The van der Waals surface area contributed by atoms with Gasteiger partial charge in [0.15, 0.2) is 6.10 Å². The normalized spacial score (nSPS) is 37.8. The minimum absolute atomic E-state index is 0.0504. The zero-order chi connectivity index (χ0) is 11.7. The van der Waals surface area contributed by atoms with Crippen molar-refractivity contribution in [3.05, 3.63) is 0 Å². The maximum absolute atomic E-state index is 10.9. The van der Waals surface area contributed by atoms with Gasteiger partial charge in [-0.25, -0.2) is 0 Å². The highest BCUT2D eigenvalue weighted by atomic mass is 16.7. The molecule has 0 radical (unpaired) electrons. The van der Waals surface area contributed by atoms with Crippen LogP contribution in [-0.2, 0) is 23.7 Å². The molecule has 16 heavy (non-hydrogen) atoms. The maximum atomic E-state index is 10.9. The summed E-state index contributed by atoms with van der Waals surface area (Å²) >= 11 is 0. The van der Waals surface area contributed by atoms with Gasteiger partial charge in [-0.15, -0.1) is 0 Å². The van der Waals surface area contributed by atoms with Gasteiger partial charge in [-0.2, -0.15) is 0 Å². The smallest absolute Gasteiger partial charge is 0.303 e. The van der Waals surface area contributed by atoms with Crippen LogP contribution in [0.15, 0.2) is 0 Å². The van der Waals surface area contributed by atoms with Crippen molar-refractivity contribution in [2.45, 2.75) is 51.3 Å². The molecule has 0 N–H and O–H groups in total. The number of esters is 1. The lowest BCUT2D eigenvalue weighted by Gasteiger charge is -2.18. The van der Waals surface area contributed by atoms with Gasteiger partial charge in [0.05, 0.1) is 19.3 Å². The van der Waals surface area contributed by atoms with Gasteiger partial charge in [0.25, 0.3) is 0 Å². The predicted octanol–water partition coefficient (Wildman–Crippen LogP) is 0.509. The summed E-state index contributed by atoms with van der Waals surface area (Å²) in [5.41, 5.74) is 0. The number of rotatable bonds is 3. The topological polar surface area (TPSA) is 54.0 Å². The molecule has 0 bridgehead atoms. The maximum Gasteiger partial charge on any atom is 0.303 e. The third kappa shape index (κ3) is 2.36. The van der Waals surface area contributed by atoms with Crippen molar-refractivity contribution in [2.24, 2.45) is 0 Å². The molecule has 0 saturated carbocycles. The van der Waals surface area contributed by atoms with Crippen molar-refractivity contribution >= 4 is 5.97 Å². The first-order valence-corrected chi connectivity index (χ1v) is 5.64. The molecule has 0 aliphatic carbocycles. The first-order valence-electron chi connectivity index (χ1n) is 5.64. The van der Waals surface area contributed by atoms with E-state index in [0.717, 1.165) is 0 Å². The second-order valence-electron chi connectivity index (χ2n) is 4.47. The SMILES string of the molecule is CC(=O)OC1COC2C(OC(C)C)COC12. The third-order valence-electron chi connectivity index (χ3n) is 2.73. The molecule has 4 unspecified atom stereocenters. The molecular formula is C11H18O5. The van der Waals surface area contributed by atoms with Gasteiger partial charge in [0.2, 0.25) is 0 Å². The second kappa shape index (κ2) is 4.69. The van der Waals surface area contributed by atoms with E-state index in [2.05, 4.69) is 0 Å². The molecule has 2 fully saturated rings. The van der Waals surface area contributed by atoms with Crippen molar-refractivity contribution in [1.82, 2.24) is 0 Å². The second-order valence-corrected chi connectivity index (χ2v) is 4.47. The van der Waals surface area contributed by atoms with Crippen LogP contribution in [0.25, 0.3) is 0 Å². The standard InChI is InChI=1S/C11H18O5/c1-6(2)15-8-4-13-11-9(16-7(3)12)5-14-10(8)11/h6,8-11H,4-5H2,1-3H3. The highest BCUT2D eigenvalue weighted by Crippen LogP contribution is 2.30. The molecule has 2 saturated heterocycles. The first kappa shape index (κ1) is 11.8. The molecule has 2 heterocycles. The van der Waals surface area contributed by atoms with Gasteiger partial charge in [-0.1, -0.05) is 0 Å². The Bertz CT molecular complexity index is 265. The summed E-state index contributed by atoms with van der Waals surface area (Å²) in [7, 11) is 0. The molecule has 2 aliphatic rings. The zero-order valence-corrected chi connectivity index (χ0v) is 9.84. The van der Waals surface area contributed by atoms with Crippen molar-refractivity contribution in [1.29, 1.82) is 0 Å². The quantitative estimate of drug-likeness (QED) is 0.661. The molecule has 0 aromatic rings. The summed E-state index contributed by atoms with van der Waals surface area (Å²) in [5, 5.41) is 0. The Labute approximate surface area is 95.0 Å². The molecule has 2 rings (SSSR count). The van der Waals surface area contributed by atoms with Crippen LogP contribution in [0.4, 0.5) is 0 Å². The summed E-state index contributed by atoms with van der Waals surface area (Å²) in [6.07, 6.45) is -0.475. The van der Waals surface area contributed by atoms with Crippen molar-refractivity contribution in [2.75, 3.05) is 13.2 Å². The van der Waals surface area contributed by atoms with E-state index < -0.39 is 0 Å². The molecular weight excluding hydrogens is 212 g/mol. The van der Waals surface area contributed by atoms with Crippen LogP contribution in [0.5, 0.6) is 0 Å². The number of hydrogen-bond acceptors (Lipinski definition) is 5. The summed E-state index contributed by atoms with van der Waals surface area (Å²) < 4.78 is 22.0. The molecule has 5 nitrogen and oxygen atoms in total. The van der Waals surface area contributed by atoms with E-state index in [4.69, 9.17) is 18.9 Å². The highest BCUT2D eigenvalue weighted by Gasteiger charge is 2.50. The number of hydrogen-bond donors (Lipinski definition) is 0. The van der Waals surface area contributed by atoms with Gasteiger partial charge in [-0.3, -0.25) is 4.79 Å². The third-order valence-corrected chi connectivity index (χ3v) is 2.73. The lowest BCUT2D eigenvalue weighted by atomic mass is 10.1. The lowest BCUT2D eigenvalue weighted by molar-refractivity contribution is -0.151. The Morgan fingerprint density at radius 1 is 1.19 bits per heavy atom. The Balaban J connectivity index is 1.92. The average molecular weight is 230 g/mol. The monoisotopic (exact) mass is 230 g/mol. The van der Waals surface area contributed by atoms with Gasteiger partial charge < -0.3 is 18.9 Å². The van der Waals surface area contributed by atoms with Crippen LogP contribution in [0, 0.1) is 0 Å². The van der Waals surface area contributed by atoms with Gasteiger partial charge in [0.1, 0.15) is 18.3 Å². The van der Waals surface area contributed by atoms with Crippen LogP contribution in [0.1, 0.15) is 20.8 Å². The molecule has 0 aromatic heterocycles. The molecule has 5 heteroatoms. The fourth-order valence-electron chi connectivity index (χ4n) is 2.21. The van der Waals surface area contributed by atoms with E-state index in [1.165, 1.54) is 6.92 Å². The number of carbonyl (C=O) groups is 1. The van der Waals surface area contributed by atoms with E-state index in [0.29, 0.717) is 13.2 Å². The van der Waals surface area contributed by atoms with Gasteiger partial charge >= 0.3 is 5.97 Å². The summed E-state index contributed by atoms with van der Waals surface area (Å²) in [6.45, 7) is 6.25. The summed E-state index contributed by atoms with van der Waals surface area (Å²) in [5.74, 6) is -0.300. The molecule has 0 spiro atoms. The zero-order valence-electron chi connectivity index (χ0n) is 9.84. The minimum Gasteiger partial charge on any atom is -0.457 e. The minimum atomic E-state index is -0.300. The first-order chi connectivity index (χ1) is 7.58. The number of carbonyl (C=O) groups excluding carboxylic acids is 1. The van der Waals surface area contributed by atoms with E-state index in [-0.39, 0.29) is 36.5 Å². The van der Waals surface area contributed by atoms with E-state index in [9.17, 15) is 4.79 Å². The molecule has 0 amide bonds. The highest BCUT2D eigenvalue weighted by molar-refractivity contribution is 5.66. The van der Waals surface area contributed by atoms with Crippen LogP contribution >= 0.6 is 0 Å². The van der Waals surface area contributed by atoms with E-state index in [1.54, 1.807) is 0 Å². The fraction of sp³-hybridized carbons (Fsp3) is 0.909. The van der Waals surface area contributed by atoms with Crippen LogP contribution in [-0.4, -0.2) is 49.7 Å². The van der Waals surface area contributed by atoms with Crippen molar-refractivity contribution in [3.63, 3.8) is 0 Å². The van der Waals surface area contributed by atoms with Crippen molar-refractivity contribution < 1.29 is 23.7 Å². The molecule has 2 aliphatic heterocycles. The van der Waals surface area contributed by atoms with Crippen molar-refractivity contribution in [3.8, 4) is 0 Å². The van der Waals surface area contributed by atoms with Crippen LogP contribution in [0.3, 0.4) is 0 Å². The van der Waals surface area contributed by atoms with Gasteiger partial charge in [-0.05, 0) is 13.8 Å². The van der Waals surface area contributed by atoms with Gasteiger partial charge in [0, 0.05) is 6.92 Å². The molecule has 92 valence electrons. The fourth-order valence-corrected chi connectivity index (χ4v) is 2.21. The Kier molecular flexibility index (Phi) is 3.47. The predicted molar refractivity (Wildman–Crippen MR) is 55.0 cm³/mol. The van der Waals surface area contributed by atoms with E-state index in [1.807, 2.05) is 13.8 Å². The Morgan fingerprint density at radius 2 is 1.75 bits per heavy atom. The average Bonchev–Trinajstić information content (AvgIpc) is 2.70. The molecule has 4 atom stereocenters.